The summed E-state index contributed by atoms with van der Waals surface area (Å²) < 4.78 is 11.8. The maximum absolute atomic E-state index is 6.39. The van der Waals surface area contributed by atoms with Crippen LogP contribution in [0, 0.1) is 0 Å². The first-order valence-corrected chi connectivity index (χ1v) is 11.3. The molecule has 0 heterocycles. The lowest BCUT2D eigenvalue weighted by Gasteiger charge is -2.21. The summed E-state index contributed by atoms with van der Waals surface area (Å²) in [6.45, 7) is 5.84. The fourth-order valence-corrected chi connectivity index (χ4v) is 3.75. The molecule has 2 nitrogen and oxygen atoms in total. The second-order valence-corrected chi connectivity index (χ2v) is 8.23. The van der Waals surface area contributed by atoms with Gasteiger partial charge in [-0.1, -0.05) is 63.8 Å². The molecule has 0 unspecified atom stereocenters. The van der Waals surface area contributed by atoms with Crippen molar-refractivity contribution in [3.63, 3.8) is 0 Å². The molecule has 0 aliphatic carbocycles. The highest BCUT2D eigenvalue weighted by Gasteiger charge is 2.22. The average Bonchev–Trinajstić information content (AvgIpc) is 2.69. The van der Waals surface area contributed by atoms with Crippen LogP contribution in [0.4, 0.5) is 0 Å². The van der Waals surface area contributed by atoms with Gasteiger partial charge in [0.25, 0.3) is 0 Å². The Morgan fingerprint density at radius 1 is 0.714 bits per heavy atom. The topological polar surface area (TPSA) is 18.5 Å². The van der Waals surface area contributed by atoms with E-state index in [9.17, 15) is 0 Å². The molecule has 2 aromatic carbocycles. The van der Waals surface area contributed by atoms with Crippen LogP contribution in [0.3, 0.4) is 0 Å². The summed E-state index contributed by atoms with van der Waals surface area (Å²) in [5, 5.41) is 0. The van der Waals surface area contributed by atoms with E-state index in [1.165, 1.54) is 25.7 Å². The highest BCUT2D eigenvalue weighted by molar-refractivity contribution is 6.45. The van der Waals surface area contributed by atoms with Gasteiger partial charge in [-0.15, -0.1) is 23.2 Å². The third-order valence-corrected chi connectivity index (χ3v) is 5.22. The van der Waals surface area contributed by atoms with Crippen molar-refractivity contribution in [2.24, 2.45) is 0 Å². The van der Waals surface area contributed by atoms with Crippen LogP contribution in [-0.2, 0) is 0 Å². The van der Waals surface area contributed by atoms with Gasteiger partial charge in [0, 0.05) is 5.92 Å². The molecule has 0 spiro atoms. The summed E-state index contributed by atoms with van der Waals surface area (Å²) in [4.78, 5) is -0.564. The molecule has 0 N–H and O–H groups in total. The van der Waals surface area contributed by atoms with Crippen LogP contribution in [0.15, 0.2) is 48.5 Å². The Bertz CT molecular complexity index is 632. The molecule has 28 heavy (non-hydrogen) atoms. The molecule has 0 saturated heterocycles. The number of benzene rings is 2. The van der Waals surface area contributed by atoms with E-state index in [2.05, 4.69) is 26.0 Å². The molecule has 0 bridgehead atoms. The third-order valence-electron chi connectivity index (χ3n) is 4.72. The summed E-state index contributed by atoms with van der Waals surface area (Å²) in [5.41, 5.74) is 2.09. The van der Waals surface area contributed by atoms with E-state index < -0.39 is 4.84 Å². The molecule has 154 valence electrons. The van der Waals surface area contributed by atoms with Gasteiger partial charge in [-0.05, 0) is 48.2 Å². The molecule has 0 aliphatic rings. The molecule has 0 fully saturated rings. The van der Waals surface area contributed by atoms with Gasteiger partial charge in [-0.25, -0.2) is 0 Å². The van der Waals surface area contributed by atoms with E-state index in [-0.39, 0.29) is 5.92 Å². The Morgan fingerprint density at radius 2 is 1.18 bits per heavy atom. The molecule has 0 amide bonds. The lowest BCUT2D eigenvalue weighted by Crippen LogP contribution is -2.10. The molecule has 0 aromatic heterocycles. The van der Waals surface area contributed by atoms with E-state index in [0.717, 1.165) is 48.7 Å². The summed E-state index contributed by atoms with van der Waals surface area (Å²) in [6, 6.07) is 16.2. The van der Waals surface area contributed by atoms with Crippen molar-refractivity contribution in [3.05, 3.63) is 59.7 Å². The Kier molecular flexibility index (Phi) is 10.6. The van der Waals surface area contributed by atoms with Crippen molar-refractivity contribution in [2.75, 3.05) is 13.2 Å². The van der Waals surface area contributed by atoms with Crippen molar-refractivity contribution < 1.29 is 9.47 Å². The highest BCUT2D eigenvalue weighted by Crippen LogP contribution is 2.36. The molecule has 0 atom stereocenters. The fourth-order valence-electron chi connectivity index (χ4n) is 3.16. The lowest BCUT2D eigenvalue weighted by atomic mass is 9.92. The van der Waals surface area contributed by atoms with E-state index >= 15 is 0 Å². The molecule has 2 rings (SSSR count). The number of ether oxygens (including phenoxy) is 2. The van der Waals surface area contributed by atoms with Crippen LogP contribution in [0.5, 0.6) is 11.5 Å². The minimum Gasteiger partial charge on any atom is -0.494 e. The number of hydrogen-bond donors (Lipinski definition) is 0. The van der Waals surface area contributed by atoms with Gasteiger partial charge in [0.05, 0.1) is 13.2 Å². The van der Waals surface area contributed by atoms with Gasteiger partial charge in [-0.2, -0.15) is 0 Å². The van der Waals surface area contributed by atoms with E-state index in [1.807, 2.05) is 36.4 Å². The second-order valence-electron chi connectivity index (χ2n) is 7.07. The predicted molar refractivity (Wildman–Crippen MR) is 120 cm³/mol. The minimum absolute atomic E-state index is 0.137. The largest absolute Gasteiger partial charge is 0.494 e. The minimum atomic E-state index is -0.564. The van der Waals surface area contributed by atoms with Gasteiger partial charge >= 0.3 is 0 Å². The molecular formula is C24H32Cl2O2. The SMILES string of the molecule is CCCCCOc1cccc(C(c2cccc(OCCCCC)c2)C(Cl)Cl)c1. The second kappa shape index (κ2) is 13.0. The zero-order chi connectivity index (χ0) is 20.2. The lowest BCUT2D eigenvalue weighted by molar-refractivity contribution is 0.305. The smallest absolute Gasteiger partial charge is 0.119 e. The molecule has 4 heteroatoms. The van der Waals surface area contributed by atoms with Gasteiger partial charge in [0.2, 0.25) is 0 Å². The van der Waals surface area contributed by atoms with Crippen molar-refractivity contribution in [2.45, 2.75) is 63.1 Å². The molecular weight excluding hydrogens is 391 g/mol. The Labute approximate surface area is 180 Å². The van der Waals surface area contributed by atoms with E-state index in [4.69, 9.17) is 32.7 Å². The maximum atomic E-state index is 6.39. The zero-order valence-electron chi connectivity index (χ0n) is 17.0. The fraction of sp³-hybridized carbons (Fsp3) is 0.500. The van der Waals surface area contributed by atoms with Gasteiger partial charge in [0.1, 0.15) is 16.3 Å². The van der Waals surface area contributed by atoms with Crippen LogP contribution in [0.1, 0.15) is 69.4 Å². The summed E-state index contributed by atoms with van der Waals surface area (Å²) in [6.07, 6.45) is 6.85. The first-order valence-electron chi connectivity index (χ1n) is 10.4. The van der Waals surface area contributed by atoms with Gasteiger partial charge in [0.15, 0.2) is 0 Å². The van der Waals surface area contributed by atoms with E-state index in [1.54, 1.807) is 0 Å². The zero-order valence-corrected chi connectivity index (χ0v) is 18.5. The standard InChI is InChI=1S/C24H32Cl2O2/c1-3-5-7-15-27-21-13-9-11-19(17-21)23(24(25)26)20-12-10-14-22(18-20)28-16-8-6-4-2/h9-14,17-18,23-24H,3-8,15-16H2,1-2H3. The summed E-state index contributed by atoms with van der Waals surface area (Å²) in [5.74, 6) is 1.58. The molecule has 2 aromatic rings. The third kappa shape index (κ3) is 7.56. The maximum Gasteiger partial charge on any atom is 0.119 e. The van der Waals surface area contributed by atoms with Crippen LogP contribution < -0.4 is 9.47 Å². The van der Waals surface area contributed by atoms with Crippen molar-refractivity contribution in [1.82, 2.24) is 0 Å². The number of rotatable bonds is 13. The number of unbranched alkanes of at least 4 members (excludes halogenated alkanes) is 4. The van der Waals surface area contributed by atoms with Gasteiger partial charge < -0.3 is 9.47 Å². The highest BCUT2D eigenvalue weighted by atomic mass is 35.5. The monoisotopic (exact) mass is 422 g/mol. The summed E-state index contributed by atoms with van der Waals surface area (Å²) >= 11 is 12.8. The quantitative estimate of drug-likeness (QED) is 0.242. The van der Waals surface area contributed by atoms with Crippen LogP contribution in [0.25, 0.3) is 0 Å². The molecule has 0 radical (unpaired) electrons. The Hall–Kier alpha value is -1.38. The van der Waals surface area contributed by atoms with Crippen LogP contribution in [-0.4, -0.2) is 18.1 Å². The normalized spacial score (nSPS) is 11.2. The average molecular weight is 423 g/mol. The first-order chi connectivity index (χ1) is 13.7. The van der Waals surface area contributed by atoms with Gasteiger partial charge in [-0.3, -0.25) is 0 Å². The first kappa shape index (κ1) is 22.9. The van der Waals surface area contributed by atoms with Crippen molar-refractivity contribution in [3.8, 4) is 11.5 Å². The van der Waals surface area contributed by atoms with Crippen molar-refractivity contribution >= 4 is 23.2 Å². The molecule has 0 aliphatic heterocycles. The van der Waals surface area contributed by atoms with Crippen LogP contribution in [0.2, 0.25) is 0 Å². The van der Waals surface area contributed by atoms with E-state index in [0.29, 0.717) is 0 Å². The van der Waals surface area contributed by atoms with Crippen molar-refractivity contribution in [1.29, 1.82) is 0 Å². The predicted octanol–water partition coefficient (Wildman–Crippen LogP) is 7.76. The number of hydrogen-bond acceptors (Lipinski definition) is 2. The number of alkyl halides is 2. The Balaban J connectivity index is 2.12. The number of halogens is 2. The Morgan fingerprint density at radius 3 is 1.57 bits per heavy atom. The summed E-state index contributed by atoms with van der Waals surface area (Å²) in [7, 11) is 0. The van der Waals surface area contributed by atoms with Crippen LogP contribution >= 0.6 is 23.2 Å². The molecule has 0 saturated carbocycles.